The number of benzene rings is 3. The van der Waals surface area contributed by atoms with Gasteiger partial charge in [-0.25, -0.2) is 4.98 Å². The molecule has 0 saturated carbocycles. The van der Waals surface area contributed by atoms with E-state index >= 15 is 0 Å². The highest BCUT2D eigenvalue weighted by Gasteiger charge is 2.28. The van der Waals surface area contributed by atoms with Gasteiger partial charge in [0.2, 0.25) is 17.7 Å². The molecular formula is C47H57N9O4. The van der Waals surface area contributed by atoms with Crippen LogP contribution in [0, 0.1) is 6.92 Å². The molecule has 0 bridgehead atoms. The minimum atomic E-state index is -0.314. The average Bonchev–Trinajstić information content (AvgIpc) is 3.62. The van der Waals surface area contributed by atoms with Crippen molar-refractivity contribution in [1.29, 1.82) is 0 Å². The van der Waals surface area contributed by atoms with Gasteiger partial charge >= 0.3 is 0 Å². The van der Waals surface area contributed by atoms with Crippen molar-refractivity contribution in [3.05, 3.63) is 102 Å². The van der Waals surface area contributed by atoms with Crippen molar-refractivity contribution in [2.45, 2.75) is 51.4 Å². The van der Waals surface area contributed by atoms with Crippen LogP contribution >= 0.6 is 0 Å². The number of piperidine rings is 1. The van der Waals surface area contributed by atoms with E-state index in [0.29, 0.717) is 19.4 Å². The van der Waals surface area contributed by atoms with Crippen LogP contribution in [0.1, 0.15) is 54.8 Å². The van der Waals surface area contributed by atoms with E-state index in [1.807, 2.05) is 39.7 Å². The first-order chi connectivity index (χ1) is 29.3. The van der Waals surface area contributed by atoms with Gasteiger partial charge in [-0.05, 0) is 74.0 Å². The molecular weight excluding hydrogens is 755 g/mol. The number of unbranched alkanes of at least 4 members (excludes halogenated alkanes) is 2. The van der Waals surface area contributed by atoms with Crippen LogP contribution in [0.4, 0.5) is 11.5 Å². The van der Waals surface area contributed by atoms with Crippen molar-refractivity contribution in [2.75, 3.05) is 88.8 Å². The van der Waals surface area contributed by atoms with E-state index in [0.717, 1.165) is 135 Å². The number of carbonyl (C=O) groups excluding carboxylic acids is 3. The highest BCUT2D eigenvalue weighted by molar-refractivity contribution is 6.01. The number of β-amino-alcohol motifs (C(OH)–C–C–N with tert-alkyl or cyclic N) is 1. The zero-order valence-electron chi connectivity index (χ0n) is 34.7. The lowest BCUT2D eigenvalue weighted by Gasteiger charge is -2.35. The van der Waals surface area contributed by atoms with Gasteiger partial charge in [0, 0.05) is 88.2 Å². The predicted octanol–water partition coefficient (Wildman–Crippen LogP) is 4.98. The van der Waals surface area contributed by atoms with Crippen LogP contribution in [-0.4, -0.2) is 131 Å². The minimum absolute atomic E-state index is 0.0893. The summed E-state index contributed by atoms with van der Waals surface area (Å²) < 4.78 is 2.03. The van der Waals surface area contributed by atoms with E-state index in [1.54, 1.807) is 0 Å². The van der Waals surface area contributed by atoms with Crippen molar-refractivity contribution in [1.82, 2.24) is 34.6 Å². The van der Waals surface area contributed by atoms with E-state index in [-0.39, 0.29) is 36.8 Å². The van der Waals surface area contributed by atoms with E-state index in [2.05, 4.69) is 86.9 Å². The first kappa shape index (κ1) is 41.1. The lowest BCUT2D eigenvalue weighted by atomic mass is 9.90. The van der Waals surface area contributed by atoms with Crippen LogP contribution in [0.3, 0.4) is 0 Å². The molecule has 0 aliphatic carbocycles. The van der Waals surface area contributed by atoms with Crippen molar-refractivity contribution in [2.24, 2.45) is 0 Å². The Kier molecular flexibility index (Phi) is 13.1. The van der Waals surface area contributed by atoms with Crippen molar-refractivity contribution < 1.29 is 19.5 Å². The molecule has 13 heteroatoms. The van der Waals surface area contributed by atoms with Gasteiger partial charge < -0.3 is 20.2 Å². The molecule has 3 aliphatic rings. The van der Waals surface area contributed by atoms with Gasteiger partial charge in [0.25, 0.3) is 0 Å². The number of aliphatic hydroxyl groups is 1. The van der Waals surface area contributed by atoms with Crippen LogP contribution in [0.2, 0.25) is 0 Å². The Bertz CT molecular complexity index is 2260. The molecule has 0 radical (unpaired) electrons. The Morgan fingerprint density at radius 3 is 2.30 bits per heavy atom. The Morgan fingerprint density at radius 1 is 0.817 bits per heavy atom. The lowest BCUT2D eigenvalue weighted by molar-refractivity contribution is -0.134. The highest BCUT2D eigenvalue weighted by atomic mass is 16.3. The summed E-state index contributed by atoms with van der Waals surface area (Å²) >= 11 is 0. The molecule has 5 heterocycles. The zero-order chi connectivity index (χ0) is 41.4. The van der Waals surface area contributed by atoms with Gasteiger partial charge in [-0.2, -0.15) is 9.61 Å². The third kappa shape index (κ3) is 9.70. The van der Waals surface area contributed by atoms with Crippen molar-refractivity contribution >= 4 is 34.9 Å². The molecule has 5 aromatic rings. The molecule has 3 amide bonds. The summed E-state index contributed by atoms with van der Waals surface area (Å²) in [5.74, 6) is 0.363. The number of aromatic nitrogens is 3. The smallest absolute Gasteiger partial charge is 0.241 e. The van der Waals surface area contributed by atoms with Crippen molar-refractivity contribution in [3.63, 3.8) is 0 Å². The molecule has 3 N–H and O–H groups in total. The fourth-order valence-electron chi connectivity index (χ4n) is 8.85. The van der Waals surface area contributed by atoms with E-state index in [1.165, 1.54) is 5.56 Å². The lowest BCUT2D eigenvalue weighted by Crippen LogP contribution is -2.50. The van der Waals surface area contributed by atoms with E-state index < -0.39 is 0 Å². The van der Waals surface area contributed by atoms with Crippen LogP contribution < -0.4 is 15.5 Å². The molecule has 1 unspecified atom stereocenters. The Hall–Kier alpha value is -5.63. The number of amides is 3. The number of nitrogens with zero attached hydrogens (tertiary/aromatic N) is 7. The van der Waals surface area contributed by atoms with E-state index in [9.17, 15) is 19.5 Å². The molecule has 3 aromatic carbocycles. The summed E-state index contributed by atoms with van der Waals surface area (Å²) in [7, 11) is 0. The first-order valence-corrected chi connectivity index (χ1v) is 21.6. The summed E-state index contributed by atoms with van der Waals surface area (Å²) in [4.78, 5) is 51.1. The number of aryl methyl sites for hydroxylation is 2. The van der Waals surface area contributed by atoms with Crippen LogP contribution in [0.15, 0.2) is 84.9 Å². The molecule has 3 aliphatic heterocycles. The maximum Gasteiger partial charge on any atom is 0.241 e. The SMILES string of the molecule is Cc1nn2c(N3CCN(CCO)CC3)cc(-c3cccc(CCCCCN4CCN(C(=O)CNc5ccc(C6CCC(=O)NC6=O)cc5)CC4)c3)nc2c1-c1ccccc1. The summed E-state index contributed by atoms with van der Waals surface area (Å²) in [6.45, 7) is 10.9. The topological polar surface area (TPSA) is 139 Å². The van der Waals surface area contributed by atoms with Gasteiger partial charge in [0.15, 0.2) is 5.65 Å². The van der Waals surface area contributed by atoms with Crippen molar-refractivity contribution in [3.8, 4) is 22.4 Å². The Morgan fingerprint density at radius 2 is 1.55 bits per heavy atom. The predicted molar refractivity (Wildman–Crippen MR) is 235 cm³/mol. The normalized spacial score (nSPS) is 17.9. The number of piperazine rings is 2. The molecule has 13 nitrogen and oxygen atoms in total. The summed E-state index contributed by atoms with van der Waals surface area (Å²) in [5.41, 5.74) is 9.08. The third-order valence-corrected chi connectivity index (χ3v) is 12.3. The minimum Gasteiger partial charge on any atom is -0.395 e. The zero-order valence-corrected chi connectivity index (χ0v) is 34.7. The standard InChI is InChI=1S/C47H57N9O4/c1-34-45(37-11-5-2-6-12-37)46-49-41(32-43(56(46)51-34)54-25-21-53(22-26-54)29-30-57)38-13-8-10-35(31-38)9-4-3-7-20-52-23-27-55(28-24-52)44(59)33-48-39-16-14-36(15-17-39)40-18-19-42(58)50-47(40)60/h2,5-6,8,10-17,31-32,40,48,57H,3-4,7,9,18-30,33H2,1H3,(H,50,58,60). The van der Waals surface area contributed by atoms with Gasteiger partial charge in [-0.15, -0.1) is 0 Å². The number of aliphatic hydroxyl groups excluding tert-OH is 1. The second kappa shape index (κ2) is 19.2. The maximum atomic E-state index is 13.0. The molecule has 3 saturated heterocycles. The Balaban J connectivity index is 0.816. The Labute approximate surface area is 352 Å². The largest absolute Gasteiger partial charge is 0.395 e. The summed E-state index contributed by atoms with van der Waals surface area (Å²) in [5, 5.41) is 20.2. The fraction of sp³-hybridized carbons (Fsp3) is 0.426. The van der Waals surface area contributed by atoms with Gasteiger partial charge in [0.05, 0.1) is 30.5 Å². The number of anilines is 2. The number of fused-ring (bicyclic) bond motifs is 1. The third-order valence-electron chi connectivity index (χ3n) is 12.3. The fourth-order valence-corrected chi connectivity index (χ4v) is 8.85. The molecule has 314 valence electrons. The first-order valence-electron chi connectivity index (χ1n) is 21.6. The van der Waals surface area contributed by atoms with Crippen LogP contribution in [-0.2, 0) is 20.8 Å². The molecule has 3 fully saturated rings. The number of imide groups is 1. The van der Waals surface area contributed by atoms with Gasteiger partial charge in [-0.3, -0.25) is 29.5 Å². The van der Waals surface area contributed by atoms with Gasteiger partial charge in [-0.1, -0.05) is 67.1 Å². The summed E-state index contributed by atoms with van der Waals surface area (Å²) in [6, 6.07) is 29.0. The molecule has 1 atom stereocenters. The number of rotatable bonds is 15. The van der Waals surface area contributed by atoms with Crippen LogP contribution in [0.5, 0.6) is 0 Å². The number of carbonyl (C=O) groups is 3. The monoisotopic (exact) mass is 811 g/mol. The highest BCUT2D eigenvalue weighted by Crippen LogP contribution is 2.33. The second-order valence-corrected chi connectivity index (χ2v) is 16.3. The number of nitrogens with one attached hydrogen (secondary N) is 2. The molecule has 2 aromatic heterocycles. The number of hydrogen-bond acceptors (Lipinski definition) is 10. The molecule has 8 rings (SSSR count). The average molecular weight is 812 g/mol. The maximum absolute atomic E-state index is 13.0. The quantitative estimate of drug-likeness (QED) is 0.0982. The molecule has 60 heavy (non-hydrogen) atoms. The second-order valence-electron chi connectivity index (χ2n) is 16.3. The van der Waals surface area contributed by atoms with E-state index in [4.69, 9.17) is 10.1 Å². The summed E-state index contributed by atoms with van der Waals surface area (Å²) in [6.07, 6.45) is 5.25. The molecule has 0 spiro atoms. The number of hydrogen-bond donors (Lipinski definition) is 3. The van der Waals surface area contributed by atoms with Gasteiger partial charge in [0.1, 0.15) is 5.82 Å². The van der Waals surface area contributed by atoms with Crippen LogP contribution in [0.25, 0.3) is 28.0 Å².